The molecule has 1 aromatic carbocycles. The van der Waals surface area contributed by atoms with E-state index in [-0.39, 0.29) is 5.75 Å². The number of phenols is 1. The van der Waals surface area contributed by atoms with Crippen molar-refractivity contribution in [3.8, 4) is 5.75 Å². The van der Waals surface area contributed by atoms with Crippen LogP contribution in [0.2, 0.25) is 0 Å². The number of imidazole rings is 1. The maximum Gasteiger partial charge on any atom is 0.124 e. The number of rotatable bonds is 5. The van der Waals surface area contributed by atoms with Gasteiger partial charge in [-0.1, -0.05) is 12.1 Å². The van der Waals surface area contributed by atoms with Crippen LogP contribution in [-0.4, -0.2) is 27.4 Å². The highest BCUT2D eigenvalue weighted by atomic mass is 16.3. The Balaban J connectivity index is 1.77. The van der Waals surface area contributed by atoms with Gasteiger partial charge in [-0.3, -0.25) is 4.99 Å². The van der Waals surface area contributed by atoms with Gasteiger partial charge in [0, 0.05) is 37.3 Å². The summed E-state index contributed by atoms with van der Waals surface area (Å²) in [5.41, 5.74) is 0.759. The SMILES string of the molecule is Oc1ccccc1/C=N\CCCn1ccnc1. The van der Waals surface area contributed by atoms with Crippen LogP contribution in [-0.2, 0) is 6.54 Å². The molecule has 17 heavy (non-hydrogen) atoms. The summed E-state index contributed by atoms with van der Waals surface area (Å²) in [6.07, 6.45) is 8.18. The highest BCUT2D eigenvalue weighted by Gasteiger charge is 1.94. The molecular formula is C13H15N3O. The van der Waals surface area contributed by atoms with Gasteiger partial charge in [0.25, 0.3) is 0 Å². The Morgan fingerprint density at radius 1 is 1.35 bits per heavy atom. The molecule has 4 heteroatoms. The largest absolute Gasteiger partial charge is 0.507 e. The van der Waals surface area contributed by atoms with Crippen LogP contribution in [0.4, 0.5) is 0 Å². The monoisotopic (exact) mass is 229 g/mol. The molecule has 2 rings (SSSR count). The van der Waals surface area contributed by atoms with Crippen LogP contribution in [0.3, 0.4) is 0 Å². The van der Waals surface area contributed by atoms with Crippen molar-refractivity contribution in [3.63, 3.8) is 0 Å². The van der Waals surface area contributed by atoms with E-state index in [1.54, 1.807) is 30.9 Å². The van der Waals surface area contributed by atoms with E-state index in [0.717, 1.165) is 25.1 Å². The summed E-state index contributed by atoms with van der Waals surface area (Å²) in [6, 6.07) is 7.18. The molecule has 1 N–H and O–H groups in total. The summed E-state index contributed by atoms with van der Waals surface area (Å²) >= 11 is 0. The maximum absolute atomic E-state index is 9.51. The van der Waals surface area contributed by atoms with E-state index in [1.165, 1.54) is 0 Å². The van der Waals surface area contributed by atoms with E-state index in [4.69, 9.17) is 0 Å². The second-order valence-corrected chi connectivity index (χ2v) is 3.75. The third-order valence-corrected chi connectivity index (χ3v) is 2.43. The van der Waals surface area contributed by atoms with Gasteiger partial charge in [0.1, 0.15) is 5.75 Å². The lowest BCUT2D eigenvalue weighted by Crippen LogP contribution is -1.96. The number of nitrogens with zero attached hydrogens (tertiary/aromatic N) is 3. The molecule has 0 fully saturated rings. The third kappa shape index (κ3) is 3.45. The lowest BCUT2D eigenvalue weighted by Gasteiger charge is -1.99. The molecule has 0 aliphatic heterocycles. The number of para-hydroxylation sites is 1. The number of aryl methyl sites for hydroxylation is 1. The van der Waals surface area contributed by atoms with Crippen LogP contribution in [0.25, 0.3) is 0 Å². The van der Waals surface area contributed by atoms with E-state index < -0.39 is 0 Å². The molecule has 0 atom stereocenters. The molecule has 1 heterocycles. The number of aliphatic imine (C=N–C) groups is 1. The van der Waals surface area contributed by atoms with E-state index >= 15 is 0 Å². The summed E-state index contributed by atoms with van der Waals surface area (Å²) in [7, 11) is 0. The summed E-state index contributed by atoms with van der Waals surface area (Å²) in [6.45, 7) is 1.66. The predicted molar refractivity (Wildman–Crippen MR) is 67.4 cm³/mol. The van der Waals surface area contributed by atoms with Crippen LogP contribution in [0.1, 0.15) is 12.0 Å². The minimum absolute atomic E-state index is 0.269. The van der Waals surface area contributed by atoms with Gasteiger partial charge in [0.05, 0.1) is 6.33 Å². The average Bonchev–Trinajstić information content (AvgIpc) is 2.84. The number of aromatic hydroxyl groups is 1. The Bertz CT molecular complexity index is 477. The highest BCUT2D eigenvalue weighted by molar-refractivity contribution is 5.83. The number of hydrogen-bond acceptors (Lipinski definition) is 3. The van der Waals surface area contributed by atoms with Gasteiger partial charge < -0.3 is 9.67 Å². The van der Waals surface area contributed by atoms with Gasteiger partial charge in [-0.25, -0.2) is 4.98 Å². The number of phenolic OH excluding ortho intramolecular Hbond substituents is 1. The fourth-order valence-electron chi connectivity index (χ4n) is 1.52. The van der Waals surface area contributed by atoms with Crippen molar-refractivity contribution in [2.75, 3.05) is 6.54 Å². The summed E-state index contributed by atoms with van der Waals surface area (Å²) in [5.74, 6) is 0.269. The second kappa shape index (κ2) is 5.84. The van der Waals surface area contributed by atoms with Crippen molar-refractivity contribution in [1.82, 2.24) is 9.55 Å². The lowest BCUT2D eigenvalue weighted by atomic mass is 10.2. The first-order valence-electron chi connectivity index (χ1n) is 5.60. The van der Waals surface area contributed by atoms with E-state index in [9.17, 15) is 5.11 Å². The Labute approximate surface area is 100 Å². The normalized spacial score (nSPS) is 11.1. The first kappa shape index (κ1) is 11.4. The molecule has 0 aliphatic carbocycles. The topological polar surface area (TPSA) is 50.4 Å². The fraction of sp³-hybridized carbons (Fsp3) is 0.231. The van der Waals surface area contributed by atoms with Gasteiger partial charge in [-0.2, -0.15) is 0 Å². The predicted octanol–water partition coefficient (Wildman–Crippen LogP) is 2.10. The molecule has 0 saturated heterocycles. The average molecular weight is 229 g/mol. The second-order valence-electron chi connectivity index (χ2n) is 3.75. The van der Waals surface area contributed by atoms with Crippen molar-refractivity contribution < 1.29 is 5.11 Å². The van der Waals surface area contributed by atoms with Crippen molar-refractivity contribution in [2.45, 2.75) is 13.0 Å². The number of benzene rings is 1. The molecule has 0 radical (unpaired) electrons. The quantitative estimate of drug-likeness (QED) is 0.630. The number of aromatic nitrogens is 2. The molecule has 0 saturated carbocycles. The highest BCUT2D eigenvalue weighted by Crippen LogP contribution is 2.12. The smallest absolute Gasteiger partial charge is 0.124 e. The Kier molecular flexibility index (Phi) is 3.91. The Hall–Kier alpha value is -2.10. The van der Waals surface area contributed by atoms with E-state index in [1.807, 2.05) is 22.9 Å². The molecule has 0 amide bonds. The van der Waals surface area contributed by atoms with Crippen molar-refractivity contribution in [1.29, 1.82) is 0 Å². The van der Waals surface area contributed by atoms with E-state index in [2.05, 4.69) is 9.98 Å². The number of hydrogen-bond donors (Lipinski definition) is 1. The third-order valence-electron chi connectivity index (χ3n) is 2.43. The summed E-state index contributed by atoms with van der Waals surface area (Å²) in [4.78, 5) is 8.25. The first-order valence-corrected chi connectivity index (χ1v) is 5.60. The minimum atomic E-state index is 0.269. The lowest BCUT2D eigenvalue weighted by molar-refractivity contribution is 0.474. The zero-order valence-electron chi connectivity index (χ0n) is 9.53. The molecule has 4 nitrogen and oxygen atoms in total. The maximum atomic E-state index is 9.51. The molecular weight excluding hydrogens is 214 g/mol. The van der Waals surface area contributed by atoms with E-state index in [0.29, 0.717) is 0 Å². The van der Waals surface area contributed by atoms with Crippen molar-refractivity contribution >= 4 is 6.21 Å². The summed E-state index contributed by atoms with van der Waals surface area (Å²) in [5, 5.41) is 9.51. The van der Waals surface area contributed by atoms with Gasteiger partial charge in [-0.05, 0) is 18.6 Å². The molecule has 88 valence electrons. The Morgan fingerprint density at radius 2 is 2.24 bits per heavy atom. The van der Waals surface area contributed by atoms with Gasteiger partial charge in [-0.15, -0.1) is 0 Å². The van der Waals surface area contributed by atoms with Crippen LogP contribution >= 0.6 is 0 Å². The zero-order valence-corrected chi connectivity index (χ0v) is 9.53. The minimum Gasteiger partial charge on any atom is -0.507 e. The standard InChI is InChI=1S/C13H15N3O/c17-13-5-2-1-4-12(13)10-14-6-3-8-16-9-7-15-11-16/h1-2,4-5,7,9-11,17H,3,6,8H2/b14-10-. The fourth-order valence-corrected chi connectivity index (χ4v) is 1.52. The Morgan fingerprint density at radius 3 is 3.00 bits per heavy atom. The van der Waals surface area contributed by atoms with Crippen LogP contribution < -0.4 is 0 Å². The van der Waals surface area contributed by atoms with Crippen LogP contribution in [0.5, 0.6) is 5.75 Å². The van der Waals surface area contributed by atoms with Gasteiger partial charge >= 0.3 is 0 Å². The summed E-state index contributed by atoms with van der Waals surface area (Å²) < 4.78 is 2.02. The van der Waals surface area contributed by atoms with Crippen LogP contribution in [0, 0.1) is 0 Å². The van der Waals surface area contributed by atoms with Crippen molar-refractivity contribution in [3.05, 3.63) is 48.5 Å². The zero-order chi connectivity index (χ0) is 11.9. The molecule has 2 aromatic rings. The molecule has 0 bridgehead atoms. The van der Waals surface area contributed by atoms with Gasteiger partial charge in [0.2, 0.25) is 0 Å². The molecule has 0 spiro atoms. The first-order chi connectivity index (χ1) is 8.36. The molecule has 0 aliphatic rings. The van der Waals surface area contributed by atoms with Crippen LogP contribution in [0.15, 0.2) is 48.0 Å². The van der Waals surface area contributed by atoms with Gasteiger partial charge in [0.15, 0.2) is 0 Å². The van der Waals surface area contributed by atoms with Crippen molar-refractivity contribution in [2.24, 2.45) is 4.99 Å². The molecule has 1 aromatic heterocycles. The molecule has 0 unspecified atom stereocenters.